The number of esters is 1. The van der Waals surface area contributed by atoms with Crippen molar-refractivity contribution in [3.8, 4) is 0 Å². The summed E-state index contributed by atoms with van der Waals surface area (Å²) < 4.78 is 10.6. The molecular weight excluding hydrogens is 346 g/mol. The molecule has 1 amide bonds. The minimum atomic E-state index is -0.576. The largest absolute Gasteiger partial charge is 0.464 e. The number of aryl methyl sites for hydroxylation is 3. The Balaban J connectivity index is 1.62. The van der Waals surface area contributed by atoms with Gasteiger partial charge in [-0.15, -0.1) is 0 Å². The van der Waals surface area contributed by atoms with E-state index in [4.69, 9.17) is 9.15 Å². The van der Waals surface area contributed by atoms with Gasteiger partial charge in [0.15, 0.2) is 6.61 Å². The van der Waals surface area contributed by atoms with Crippen molar-refractivity contribution < 1.29 is 18.7 Å². The smallest absolute Gasteiger partial charge is 0.338 e. The number of hydrogen-bond donors (Lipinski definition) is 0. The van der Waals surface area contributed by atoms with Crippen LogP contribution in [0.25, 0.3) is 11.0 Å². The number of furan rings is 1. The highest BCUT2D eigenvalue weighted by molar-refractivity contribution is 5.94. The van der Waals surface area contributed by atoms with Crippen LogP contribution < -0.4 is 0 Å². The van der Waals surface area contributed by atoms with Crippen LogP contribution in [0, 0.1) is 20.8 Å². The van der Waals surface area contributed by atoms with Crippen LogP contribution >= 0.6 is 0 Å². The maximum atomic E-state index is 12.3. The van der Waals surface area contributed by atoms with E-state index in [9.17, 15) is 9.59 Å². The zero-order chi connectivity index (χ0) is 19.6. The zero-order valence-corrected chi connectivity index (χ0v) is 15.8. The Morgan fingerprint density at radius 2 is 1.74 bits per heavy atom. The Bertz CT molecular complexity index is 1010. The monoisotopic (exact) mass is 367 g/mol. The van der Waals surface area contributed by atoms with E-state index in [2.05, 4.69) is 9.97 Å². The minimum absolute atomic E-state index is 0.314. The maximum Gasteiger partial charge on any atom is 0.338 e. The lowest BCUT2D eigenvalue weighted by atomic mass is 10.2. The first-order valence-corrected chi connectivity index (χ1v) is 8.55. The van der Waals surface area contributed by atoms with Crippen LogP contribution in [0.3, 0.4) is 0 Å². The van der Waals surface area contributed by atoms with Crippen LogP contribution in [-0.4, -0.2) is 40.4 Å². The van der Waals surface area contributed by atoms with Gasteiger partial charge in [0.1, 0.15) is 11.5 Å². The second-order valence-corrected chi connectivity index (χ2v) is 6.44. The van der Waals surface area contributed by atoms with E-state index >= 15 is 0 Å². The van der Waals surface area contributed by atoms with Crippen molar-refractivity contribution in [2.75, 3.05) is 13.7 Å². The molecule has 0 fully saturated rings. The molecule has 140 valence electrons. The maximum absolute atomic E-state index is 12.3. The van der Waals surface area contributed by atoms with E-state index in [0.717, 1.165) is 17.1 Å². The average molecular weight is 367 g/mol. The van der Waals surface area contributed by atoms with Gasteiger partial charge in [0.25, 0.3) is 5.91 Å². The minimum Gasteiger partial charge on any atom is -0.464 e. The summed E-state index contributed by atoms with van der Waals surface area (Å²) in [5, 5.41) is 0. The molecule has 7 heteroatoms. The van der Waals surface area contributed by atoms with E-state index < -0.39 is 5.97 Å². The van der Waals surface area contributed by atoms with Crippen LogP contribution in [0.4, 0.5) is 0 Å². The van der Waals surface area contributed by atoms with Gasteiger partial charge in [0.2, 0.25) is 0 Å². The van der Waals surface area contributed by atoms with Crippen LogP contribution in [0.5, 0.6) is 0 Å². The third-order valence-corrected chi connectivity index (χ3v) is 4.25. The van der Waals surface area contributed by atoms with E-state index in [1.165, 1.54) is 4.90 Å². The average Bonchev–Trinajstić information content (AvgIpc) is 3.04. The Hall–Kier alpha value is -3.22. The molecule has 0 aliphatic heterocycles. The van der Waals surface area contributed by atoms with Gasteiger partial charge in [-0.05, 0) is 51.1 Å². The quantitative estimate of drug-likeness (QED) is 0.645. The first-order valence-electron chi connectivity index (χ1n) is 8.55. The van der Waals surface area contributed by atoms with Crippen molar-refractivity contribution in [1.82, 2.24) is 14.9 Å². The summed E-state index contributed by atoms with van der Waals surface area (Å²) in [6, 6.07) is 8.61. The fourth-order valence-electron chi connectivity index (χ4n) is 2.57. The van der Waals surface area contributed by atoms with E-state index in [0.29, 0.717) is 28.9 Å². The molecule has 0 saturated carbocycles. The van der Waals surface area contributed by atoms with Gasteiger partial charge in [0, 0.05) is 7.05 Å². The number of amides is 1. The van der Waals surface area contributed by atoms with Crippen LogP contribution in [0.1, 0.15) is 33.3 Å². The fraction of sp³-hybridized carbons (Fsp3) is 0.300. The first kappa shape index (κ1) is 18.6. The number of rotatable bonds is 5. The molecular formula is C20H21N3O4. The van der Waals surface area contributed by atoms with Crippen LogP contribution in [-0.2, 0) is 16.1 Å². The second-order valence-electron chi connectivity index (χ2n) is 6.44. The van der Waals surface area contributed by atoms with E-state index in [1.807, 2.05) is 32.9 Å². The molecule has 3 rings (SSSR count). The highest BCUT2D eigenvalue weighted by Crippen LogP contribution is 2.15. The predicted molar refractivity (Wildman–Crippen MR) is 99.2 cm³/mol. The summed E-state index contributed by atoms with van der Waals surface area (Å²) in [6.07, 6.45) is 0. The summed E-state index contributed by atoms with van der Waals surface area (Å²) in [6.45, 7) is 5.56. The molecule has 3 aromatic rings. The molecule has 2 aromatic heterocycles. The number of carbonyl (C=O) groups is 2. The first-order chi connectivity index (χ1) is 12.8. The van der Waals surface area contributed by atoms with Crippen molar-refractivity contribution >= 4 is 22.9 Å². The van der Waals surface area contributed by atoms with Crippen molar-refractivity contribution in [2.24, 2.45) is 0 Å². The van der Waals surface area contributed by atoms with E-state index in [-0.39, 0.29) is 12.5 Å². The molecule has 1 aromatic carbocycles. The highest BCUT2D eigenvalue weighted by atomic mass is 16.5. The van der Waals surface area contributed by atoms with Crippen molar-refractivity contribution in [2.45, 2.75) is 27.3 Å². The lowest BCUT2D eigenvalue weighted by molar-refractivity contribution is -0.134. The second kappa shape index (κ2) is 7.57. The van der Waals surface area contributed by atoms with Gasteiger partial charge in [0.05, 0.1) is 34.5 Å². The topological polar surface area (TPSA) is 85.5 Å². The third kappa shape index (κ3) is 4.31. The Morgan fingerprint density at radius 1 is 1.04 bits per heavy atom. The molecule has 0 atom stereocenters. The standard InChI is InChI=1S/C20H21N3O4/c1-12-5-7-16(27-12)10-23(4)19(24)11-26-20(25)15-6-8-17-18(9-15)22-14(3)13(2)21-17/h5-9H,10-11H2,1-4H3. The molecule has 0 N–H and O–H groups in total. The number of fused-ring (bicyclic) bond motifs is 1. The van der Waals surface area contributed by atoms with Gasteiger partial charge in [-0.1, -0.05) is 0 Å². The zero-order valence-electron chi connectivity index (χ0n) is 15.8. The van der Waals surface area contributed by atoms with Crippen LogP contribution in [0.15, 0.2) is 34.7 Å². The predicted octanol–water partition coefficient (Wildman–Crippen LogP) is 2.96. The lowest BCUT2D eigenvalue weighted by Crippen LogP contribution is -2.30. The third-order valence-electron chi connectivity index (χ3n) is 4.25. The molecule has 0 spiro atoms. The van der Waals surface area contributed by atoms with Crippen molar-refractivity contribution in [1.29, 1.82) is 0 Å². The number of nitrogens with zero attached hydrogens (tertiary/aromatic N) is 3. The summed E-state index contributed by atoms with van der Waals surface area (Å²) in [5.41, 5.74) is 3.30. The number of carbonyl (C=O) groups excluding carboxylic acids is 2. The van der Waals surface area contributed by atoms with Gasteiger partial charge in [-0.2, -0.15) is 0 Å². The summed E-state index contributed by atoms with van der Waals surface area (Å²) >= 11 is 0. The lowest BCUT2D eigenvalue weighted by Gasteiger charge is -2.15. The fourth-order valence-corrected chi connectivity index (χ4v) is 2.57. The van der Waals surface area contributed by atoms with Gasteiger partial charge in [-0.25, -0.2) is 14.8 Å². The molecule has 7 nitrogen and oxygen atoms in total. The van der Waals surface area contributed by atoms with E-state index in [1.54, 1.807) is 25.2 Å². The summed E-state index contributed by atoms with van der Waals surface area (Å²) in [7, 11) is 1.63. The Morgan fingerprint density at radius 3 is 2.41 bits per heavy atom. The summed E-state index contributed by atoms with van der Waals surface area (Å²) in [5.74, 6) is 0.563. The van der Waals surface area contributed by atoms with Gasteiger partial charge >= 0.3 is 5.97 Å². The Labute approximate surface area is 157 Å². The molecule has 0 aliphatic rings. The molecule has 0 aliphatic carbocycles. The number of aromatic nitrogens is 2. The van der Waals surface area contributed by atoms with Crippen LogP contribution in [0.2, 0.25) is 0 Å². The molecule has 27 heavy (non-hydrogen) atoms. The number of hydrogen-bond acceptors (Lipinski definition) is 6. The highest BCUT2D eigenvalue weighted by Gasteiger charge is 2.16. The molecule has 0 saturated heterocycles. The van der Waals surface area contributed by atoms with Gasteiger partial charge in [-0.3, -0.25) is 4.79 Å². The molecule has 2 heterocycles. The summed E-state index contributed by atoms with van der Waals surface area (Å²) in [4.78, 5) is 34.8. The number of likely N-dealkylation sites (N-methyl/N-ethyl adjacent to an activating group) is 1. The number of ether oxygens (including phenoxy) is 1. The van der Waals surface area contributed by atoms with Gasteiger partial charge < -0.3 is 14.1 Å². The normalized spacial score (nSPS) is 10.8. The SMILES string of the molecule is Cc1ccc(CN(C)C(=O)COC(=O)c2ccc3nc(C)c(C)nc3c2)o1. The molecule has 0 unspecified atom stereocenters. The van der Waals surface area contributed by atoms with Crippen molar-refractivity contribution in [3.63, 3.8) is 0 Å². The number of benzene rings is 1. The molecule has 0 bridgehead atoms. The Kier molecular flexibility index (Phi) is 5.21. The molecule has 0 radical (unpaired) electrons. The van der Waals surface area contributed by atoms with Crippen molar-refractivity contribution in [3.05, 3.63) is 58.8 Å².